The average molecular weight is 276 g/mol. The Labute approximate surface area is 112 Å². The van der Waals surface area contributed by atoms with Gasteiger partial charge < -0.3 is 10.2 Å². The van der Waals surface area contributed by atoms with E-state index in [0.717, 1.165) is 32.6 Å². The van der Waals surface area contributed by atoms with Crippen LogP contribution in [0.15, 0.2) is 0 Å². The summed E-state index contributed by atoms with van der Waals surface area (Å²) < 4.78 is 23.0. The molecule has 1 saturated heterocycles. The highest BCUT2D eigenvalue weighted by Gasteiger charge is 2.20. The molecule has 0 aromatic carbocycles. The van der Waals surface area contributed by atoms with Gasteiger partial charge in [-0.15, -0.1) is 0 Å². The highest BCUT2D eigenvalue weighted by Crippen LogP contribution is 2.07. The van der Waals surface area contributed by atoms with E-state index in [1.54, 1.807) is 0 Å². The van der Waals surface area contributed by atoms with Gasteiger partial charge in [-0.3, -0.25) is 0 Å². The number of rotatable bonds is 6. The maximum Gasteiger partial charge on any atom is 0.151 e. The highest BCUT2D eigenvalue weighted by atomic mass is 32.2. The molecule has 1 heterocycles. The zero-order valence-corrected chi connectivity index (χ0v) is 12.8. The second-order valence-electron chi connectivity index (χ2n) is 5.96. The van der Waals surface area contributed by atoms with Gasteiger partial charge in [-0.05, 0) is 37.9 Å². The molecular weight excluding hydrogens is 248 g/mol. The summed E-state index contributed by atoms with van der Waals surface area (Å²) in [5.41, 5.74) is 0. The van der Waals surface area contributed by atoms with Gasteiger partial charge in [0.1, 0.15) is 0 Å². The first-order valence-corrected chi connectivity index (χ1v) is 8.84. The quantitative estimate of drug-likeness (QED) is 0.786. The van der Waals surface area contributed by atoms with Gasteiger partial charge in [-0.2, -0.15) is 0 Å². The van der Waals surface area contributed by atoms with Crippen molar-refractivity contribution in [2.45, 2.75) is 27.2 Å². The summed E-state index contributed by atoms with van der Waals surface area (Å²) in [5.74, 6) is 1.95. The lowest BCUT2D eigenvalue weighted by Gasteiger charge is -2.24. The summed E-state index contributed by atoms with van der Waals surface area (Å²) in [6, 6.07) is 0. The lowest BCUT2D eigenvalue weighted by Crippen LogP contribution is -2.36. The zero-order chi connectivity index (χ0) is 13.6. The van der Waals surface area contributed by atoms with E-state index in [-0.39, 0.29) is 0 Å². The van der Waals surface area contributed by atoms with Crippen molar-refractivity contribution in [1.82, 2.24) is 10.2 Å². The van der Waals surface area contributed by atoms with Crippen molar-refractivity contribution in [1.29, 1.82) is 0 Å². The molecule has 108 valence electrons. The molecule has 1 rings (SSSR count). The Hall–Kier alpha value is -0.130. The van der Waals surface area contributed by atoms with Crippen LogP contribution in [0, 0.1) is 11.8 Å². The summed E-state index contributed by atoms with van der Waals surface area (Å²) in [6.45, 7) is 11.3. The molecule has 5 heteroatoms. The van der Waals surface area contributed by atoms with E-state index in [0.29, 0.717) is 29.9 Å². The van der Waals surface area contributed by atoms with E-state index in [4.69, 9.17) is 0 Å². The van der Waals surface area contributed by atoms with Crippen molar-refractivity contribution in [2.75, 3.05) is 44.2 Å². The molecule has 0 saturated carbocycles. The molecule has 18 heavy (non-hydrogen) atoms. The van der Waals surface area contributed by atoms with Crippen LogP contribution in [0.2, 0.25) is 0 Å². The third-order valence-corrected chi connectivity index (χ3v) is 4.98. The van der Waals surface area contributed by atoms with E-state index in [2.05, 4.69) is 31.0 Å². The molecule has 0 bridgehead atoms. The molecule has 0 aromatic rings. The molecule has 1 unspecified atom stereocenters. The molecular formula is C13H28N2O2S. The fourth-order valence-electron chi connectivity index (χ4n) is 2.30. The molecule has 0 radical (unpaired) electrons. The maximum absolute atomic E-state index is 11.5. The van der Waals surface area contributed by atoms with Gasteiger partial charge in [-0.1, -0.05) is 20.8 Å². The molecule has 0 spiro atoms. The van der Waals surface area contributed by atoms with Crippen LogP contribution in [0.1, 0.15) is 27.2 Å². The molecule has 0 amide bonds. The smallest absolute Gasteiger partial charge is 0.151 e. The summed E-state index contributed by atoms with van der Waals surface area (Å²) in [4.78, 5) is 2.30. The van der Waals surface area contributed by atoms with Gasteiger partial charge in [0.2, 0.25) is 0 Å². The molecule has 1 aliphatic rings. The van der Waals surface area contributed by atoms with Crippen LogP contribution < -0.4 is 5.32 Å². The number of nitrogens with zero attached hydrogens (tertiary/aromatic N) is 1. The summed E-state index contributed by atoms with van der Waals surface area (Å²) in [7, 11) is -2.77. The second-order valence-corrected chi connectivity index (χ2v) is 8.27. The van der Waals surface area contributed by atoms with Crippen LogP contribution in [-0.2, 0) is 9.84 Å². The van der Waals surface area contributed by atoms with Crippen LogP contribution >= 0.6 is 0 Å². The van der Waals surface area contributed by atoms with Crippen LogP contribution in [-0.4, -0.2) is 57.5 Å². The average Bonchev–Trinajstić information content (AvgIpc) is 2.40. The van der Waals surface area contributed by atoms with E-state index < -0.39 is 9.84 Å². The van der Waals surface area contributed by atoms with E-state index >= 15 is 0 Å². The standard InChI is InChI=1S/C13H28N2O2S/c1-12(2)9-14-10-13(3)11-15-5-4-7-18(16,17)8-6-15/h12-14H,4-11H2,1-3H3. The van der Waals surface area contributed by atoms with Crippen LogP contribution in [0.25, 0.3) is 0 Å². The number of sulfone groups is 1. The van der Waals surface area contributed by atoms with Crippen molar-refractivity contribution < 1.29 is 8.42 Å². The van der Waals surface area contributed by atoms with Crippen LogP contribution in [0.5, 0.6) is 0 Å². The van der Waals surface area contributed by atoms with Gasteiger partial charge >= 0.3 is 0 Å². The van der Waals surface area contributed by atoms with Gasteiger partial charge in [0.05, 0.1) is 11.5 Å². The Morgan fingerprint density at radius 3 is 2.50 bits per heavy atom. The predicted molar refractivity (Wildman–Crippen MR) is 76.6 cm³/mol. The van der Waals surface area contributed by atoms with Gasteiger partial charge in [0.25, 0.3) is 0 Å². The summed E-state index contributed by atoms with van der Waals surface area (Å²) in [6.07, 6.45) is 0.786. The Balaban J connectivity index is 2.25. The number of hydrogen-bond donors (Lipinski definition) is 1. The fourth-order valence-corrected chi connectivity index (χ4v) is 3.61. The molecule has 1 aliphatic heterocycles. The molecule has 1 atom stereocenters. The first-order chi connectivity index (χ1) is 8.39. The molecule has 1 fully saturated rings. The van der Waals surface area contributed by atoms with Crippen molar-refractivity contribution in [3.05, 3.63) is 0 Å². The van der Waals surface area contributed by atoms with Crippen molar-refractivity contribution in [3.63, 3.8) is 0 Å². The summed E-state index contributed by atoms with van der Waals surface area (Å²) >= 11 is 0. The highest BCUT2D eigenvalue weighted by molar-refractivity contribution is 7.91. The number of nitrogens with one attached hydrogen (secondary N) is 1. The minimum absolute atomic E-state index is 0.332. The van der Waals surface area contributed by atoms with E-state index in [9.17, 15) is 8.42 Å². The number of hydrogen-bond acceptors (Lipinski definition) is 4. The van der Waals surface area contributed by atoms with Crippen molar-refractivity contribution >= 4 is 9.84 Å². The molecule has 4 nitrogen and oxygen atoms in total. The van der Waals surface area contributed by atoms with Gasteiger partial charge in [-0.25, -0.2) is 8.42 Å². The SMILES string of the molecule is CC(C)CNCC(C)CN1CCCS(=O)(=O)CC1. The zero-order valence-electron chi connectivity index (χ0n) is 12.0. The Kier molecular flexibility index (Phi) is 6.60. The minimum atomic E-state index is -2.77. The monoisotopic (exact) mass is 276 g/mol. The molecule has 0 aromatic heterocycles. The first kappa shape index (κ1) is 15.9. The summed E-state index contributed by atoms with van der Waals surface area (Å²) in [5, 5.41) is 3.46. The van der Waals surface area contributed by atoms with E-state index in [1.165, 1.54) is 0 Å². The lowest BCUT2D eigenvalue weighted by molar-refractivity contribution is 0.250. The first-order valence-electron chi connectivity index (χ1n) is 7.02. The third-order valence-electron chi connectivity index (χ3n) is 3.26. The van der Waals surface area contributed by atoms with E-state index in [1.807, 2.05) is 0 Å². The Bertz CT molecular complexity index is 328. The largest absolute Gasteiger partial charge is 0.316 e. The topological polar surface area (TPSA) is 49.4 Å². The second kappa shape index (κ2) is 7.46. The normalized spacial score (nSPS) is 22.9. The Morgan fingerprint density at radius 2 is 1.83 bits per heavy atom. The van der Waals surface area contributed by atoms with Crippen molar-refractivity contribution in [3.8, 4) is 0 Å². The van der Waals surface area contributed by atoms with Gasteiger partial charge in [0.15, 0.2) is 9.84 Å². The maximum atomic E-state index is 11.5. The third kappa shape index (κ3) is 6.71. The van der Waals surface area contributed by atoms with Crippen LogP contribution in [0.3, 0.4) is 0 Å². The lowest BCUT2D eigenvalue weighted by atomic mass is 10.1. The minimum Gasteiger partial charge on any atom is -0.316 e. The predicted octanol–water partition coefficient (Wildman–Crippen LogP) is 0.989. The molecule has 1 N–H and O–H groups in total. The fraction of sp³-hybridized carbons (Fsp3) is 1.00. The molecule has 0 aliphatic carbocycles. The van der Waals surface area contributed by atoms with Gasteiger partial charge in [0, 0.05) is 13.1 Å². The Morgan fingerprint density at radius 1 is 1.11 bits per heavy atom. The van der Waals surface area contributed by atoms with Crippen molar-refractivity contribution in [2.24, 2.45) is 11.8 Å². The van der Waals surface area contributed by atoms with Crippen LogP contribution in [0.4, 0.5) is 0 Å².